The summed E-state index contributed by atoms with van der Waals surface area (Å²) in [5.74, 6) is 0.473. The van der Waals surface area contributed by atoms with E-state index in [1.165, 1.54) is 26.1 Å². The topological polar surface area (TPSA) is 130 Å². The van der Waals surface area contributed by atoms with Crippen LogP contribution in [0.2, 0.25) is 0 Å². The van der Waals surface area contributed by atoms with Crippen LogP contribution in [0.3, 0.4) is 0 Å². The van der Waals surface area contributed by atoms with E-state index in [4.69, 9.17) is 4.74 Å². The number of nitrogens with one attached hydrogen (secondary N) is 2. The molecule has 1 aromatic heterocycles. The molecule has 50 heavy (non-hydrogen) atoms. The molecule has 0 spiro atoms. The Labute approximate surface area is 296 Å². The van der Waals surface area contributed by atoms with Gasteiger partial charge in [0.15, 0.2) is 0 Å². The number of aliphatic hydroxyl groups is 1. The van der Waals surface area contributed by atoms with Crippen molar-refractivity contribution in [2.75, 3.05) is 21.2 Å². The lowest BCUT2D eigenvalue weighted by molar-refractivity contribution is -0.128. The van der Waals surface area contributed by atoms with Gasteiger partial charge in [0.1, 0.15) is 5.75 Å². The smallest absolute Gasteiger partial charge is 0.303 e. The number of rotatable bonds is 8. The molecule has 1 aliphatic heterocycles. The third-order valence-corrected chi connectivity index (χ3v) is 14.6. The Bertz CT molecular complexity index is 1970. The summed E-state index contributed by atoms with van der Waals surface area (Å²) in [5.41, 5.74) is 3.70. The lowest BCUT2D eigenvalue weighted by atomic mass is 9.71. The Kier molecular flexibility index (Phi) is 8.47. The number of carbonyl (C=O) groups is 2. The Morgan fingerprint density at radius 2 is 1.76 bits per heavy atom. The van der Waals surface area contributed by atoms with Crippen molar-refractivity contribution >= 4 is 32.9 Å². The van der Waals surface area contributed by atoms with Crippen molar-refractivity contribution in [2.24, 2.45) is 16.7 Å². The largest absolute Gasteiger partial charge is 0.497 e. The number of aromatic nitrogens is 1. The van der Waals surface area contributed by atoms with E-state index in [-0.39, 0.29) is 34.8 Å². The molecule has 3 aromatic rings. The first kappa shape index (κ1) is 35.0. The number of ether oxygens (including phenoxy) is 1. The Hall–Kier alpha value is -3.41. The van der Waals surface area contributed by atoms with Gasteiger partial charge in [-0.2, -0.15) is 12.7 Å². The maximum atomic E-state index is 14.7. The molecule has 2 heterocycles. The first-order chi connectivity index (χ1) is 23.5. The number of carbonyl (C=O) groups excluding carboxylic acids is 2. The fourth-order valence-corrected chi connectivity index (χ4v) is 10.1. The molecule has 3 aliphatic carbocycles. The average Bonchev–Trinajstić information content (AvgIpc) is 3.68. The Balaban J connectivity index is 1.37. The summed E-state index contributed by atoms with van der Waals surface area (Å²) in [6, 6.07) is 11.6. The molecule has 10 nitrogen and oxygen atoms in total. The summed E-state index contributed by atoms with van der Waals surface area (Å²) in [7, 11) is 0.428. The van der Waals surface area contributed by atoms with Crippen LogP contribution in [-0.4, -0.2) is 67.1 Å². The van der Waals surface area contributed by atoms with Crippen LogP contribution in [0.4, 0.5) is 0 Å². The molecule has 4 unspecified atom stereocenters. The summed E-state index contributed by atoms with van der Waals surface area (Å²) in [5, 5.41) is 15.6. The van der Waals surface area contributed by atoms with Crippen LogP contribution in [0.15, 0.2) is 36.4 Å². The standard InChI is InChI=1S/C39H52N4O6S/c1-23(30-17-18-38(4,46)37(30,2)3)40-36(45)39-21-31(39)29-20-26(49-7)14-16-27(29)34-33(24-11-9-8-10-12-24)28-15-13-25(19-32(28)43(34)22-39)35(44)41-50(47,48)42(5)6/h13-16,19-20,23-24,30-31,46H,8-12,17-18,21-22H2,1-7H3,(H,40,45)(H,41,44)/t23-,30?,31?,38?,39?/m0/s1. The maximum absolute atomic E-state index is 14.7. The van der Waals surface area contributed by atoms with Crippen molar-refractivity contribution in [3.8, 4) is 17.0 Å². The van der Waals surface area contributed by atoms with E-state index in [9.17, 15) is 23.1 Å². The second kappa shape index (κ2) is 12.1. The number of methoxy groups -OCH3 is 1. The lowest BCUT2D eigenvalue weighted by Crippen LogP contribution is -2.49. The Morgan fingerprint density at radius 1 is 1.04 bits per heavy atom. The van der Waals surface area contributed by atoms with E-state index in [0.717, 1.165) is 69.9 Å². The van der Waals surface area contributed by atoms with Crippen molar-refractivity contribution in [1.29, 1.82) is 0 Å². The van der Waals surface area contributed by atoms with Crippen LogP contribution >= 0.6 is 0 Å². The van der Waals surface area contributed by atoms with Crippen LogP contribution in [0.5, 0.6) is 5.75 Å². The summed E-state index contributed by atoms with van der Waals surface area (Å²) in [4.78, 5) is 28.1. The molecular formula is C39H52N4O6S. The van der Waals surface area contributed by atoms with Gasteiger partial charge in [-0.15, -0.1) is 0 Å². The zero-order chi connectivity index (χ0) is 36.0. The van der Waals surface area contributed by atoms with Gasteiger partial charge in [-0.05, 0) is 105 Å². The highest BCUT2D eigenvalue weighted by Crippen LogP contribution is 2.66. The van der Waals surface area contributed by atoms with Crippen molar-refractivity contribution in [3.63, 3.8) is 0 Å². The van der Waals surface area contributed by atoms with Gasteiger partial charge >= 0.3 is 10.2 Å². The van der Waals surface area contributed by atoms with Crippen LogP contribution in [0.25, 0.3) is 22.2 Å². The highest BCUT2D eigenvalue weighted by Gasteiger charge is 2.63. The van der Waals surface area contributed by atoms with Crippen molar-refractivity contribution < 1.29 is 27.9 Å². The zero-order valence-electron chi connectivity index (χ0n) is 30.4. The predicted molar refractivity (Wildman–Crippen MR) is 194 cm³/mol. The molecule has 11 heteroatoms. The van der Waals surface area contributed by atoms with Crippen LogP contribution < -0.4 is 14.8 Å². The molecule has 2 aromatic carbocycles. The minimum Gasteiger partial charge on any atom is -0.497 e. The minimum absolute atomic E-state index is 0.00556. The monoisotopic (exact) mass is 704 g/mol. The van der Waals surface area contributed by atoms with Gasteiger partial charge in [0.05, 0.1) is 23.8 Å². The van der Waals surface area contributed by atoms with Crippen LogP contribution in [0, 0.1) is 16.7 Å². The summed E-state index contributed by atoms with van der Waals surface area (Å²) >= 11 is 0. The van der Waals surface area contributed by atoms with Gasteiger partial charge < -0.3 is 19.7 Å². The van der Waals surface area contributed by atoms with Crippen LogP contribution in [0.1, 0.15) is 112 Å². The molecule has 3 saturated carbocycles. The van der Waals surface area contributed by atoms with E-state index in [1.54, 1.807) is 19.2 Å². The molecule has 2 amide bonds. The van der Waals surface area contributed by atoms with Gasteiger partial charge in [0.2, 0.25) is 5.91 Å². The minimum atomic E-state index is -3.99. The number of fused-ring (bicyclic) bond motifs is 7. The number of hydrogen-bond acceptors (Lipinski definition) is 6. The molecule has 3 N–H and O–H groups in total. The maximum Gasteiger partial charge on any atom is 0.303 e. The number of hydrogen-bond donors (Lipinski definition) is 3. The Morgan fingerprint density at radius 3 is 2.40 bits per heavy atom. The van der Waals surface area contributed by atoms with Crippen molar-refractivity contribution in [3.05, 3.63) is 53.1 Å². The van der Waals surface area contributed by atoms with E-state index >= 15 is 0 Å². The summed E-state index contributed by atoms with van der Waals surface area (Å²) < 4.78 is 36.3. The molecule has 7 rings (SSSR count). The molecule has 270 valence electrons. The van der Waals surface area contributed by atoms with Gasteiger partial charge in [-0.1, -0.05) is 39.2 Å². The quantitative estimate of drug-likeness (QED) is 0.261. The van der Waals surface area contributed by atoms with Gasteiger partial charge in [0.25, 0.3) is 5.91 Å². The van der Waals surface area contributed by atoms with Crippen LogP contribution in [-0.2, 0) is 21.5 Å². The predicted octanol–water partition coefficient (Wildman–Crippen LogP) is 6.08. The highest BCUT2D eigenvalue weighted by atomic mass is 32.2. The second-order valence-electron chi connectivity index (χ2n) is 16.4. The van der Waals surface area contributed by atoms with Gasteiger partial charge in [0, 0.05) is 54.6 Å². The zero-order valence-corrected chi connectivity index (χ0v) is 31.2. The second-order valence-corrected chi connectivity index (χ2v) is 18.3. The number of benzene rings is 2. The third kappa shape index (κ3) is 5.46. The summed E-state index contributed by atoms with van der Waals surface area (Å²) in [6.45, 7) is 8.60. The summed E-state index contributed by atoms with van der Waals surface area (Å²) in [6.07, 6.45) is 7.83. The van der Waals surface area contributed by atoms with E-state index in [0.29, 0.717) is 25.3 Å². The van der Waals surface area contributed by atoms with Crippen molar-refractivity contribution in [1.82, 2.24) is 18.9 Å². The molecule has 0 saturated heterocycles. The number of amides is 2. The fourth-order valence-electron chi connectivity index (χ4n) is 9.55. The van der Waals surface area contributed by atoms with E-state index in [2.05, 4.69) is 47.5 Å². The SMILES string of the molecule is COc1ccc2c(c1)C1CC1(C(=O)N[C@@H](C)C1CCC(C)(O)C1(C)C)Cn1c-2c(C2CCCCC2)c2ccc(C(=O)NS(=O)(=O)N(C)C)cc21. The highest BCUT2D eigenvalue weighted by molar-refractivity contribution is 7.87. The molecule has 5 atom stereocenters. The lowest BCUT2D eigenvalue weighted by Gasteiger charge is -2.40. The third-order valence-electron chi connectivity index (χ3n) is 13.2. The molecule has 3 fully saturated rings. The van der Waals surface area contributed by atoms with E-state index in [1.807, 2.05) is 19.1 Å². The van der Waals surface area contributed by atoms with Crippen molar-refractivity contribution in [2.45, 2.75) is 109 Å². The normalized spacial score (nSPS) is 27.9. The van der Waals surface area contributed by atoms with Gasteiger partial charge in [-0.25, -0.2) is 4.72 Å². The first-order valence-electron chi connectivity index (χ1n) is 18.1. The number of nitrogens with zero attached hydrogens (tertiary/aromatic N) is 2. The fraction of sp³-hybridized carbons (Fsp3) is 0.590. The molecule has 0 bridgehead atoms. The molecule has 4 aliphatic rings. The van der Waals surface area contributed by atoms with Gasteiger partial charge in [-0.3, -0.25) is 9.59 Å². The first-order valence-corrected chi connectivity index (χ1v) is 19.6. The average molecular weight is 705 g/mol. The molecule has 0 radical (unpaired) electrons. The van der Waals surface area contributed by atoms with E-state index < -0.39 is 27.1 Å². The molecular weight excluding hydrogens is 653 g/mol.